The molecule has 1 aromatic heterocycles. The van der Waals surface area contributed by atoms with Crippen molar-refractivity contribution in [1.29, 1.82) is 0 Å². The Morgan fingerprint density at radius 3 is 2.60 bits per heavy atom. The van der Waals surface area contributed by atoms with Gasteiger partial charge in [0.2, 0.25) is 0 Å². The Bertz CT molecular complexity index is 969. The molecule has 1 heterocycles. The maximum atomic E-state index is 10.7. The van der Waals surface area contributed by atoms with Crippen LogP contribution >= 0.6 is 22.9 Å². The standard InChI is InChI=1S/C16H12ClN5O2S/c1-9-2-7-13(17)12(8-9)14-15(25-16(18)19-14)21-20-10-3-5-11(6-4-10)22(23)24/h2-8H,1H3,(H2,18,19). The van der Waals surface area contributed by atoms with E-state index in [-0.39, 0.29) is 5.69 Å². The second-order valence-corrected chi connectivity index (χ2v) is 6.58. The van der Waals surface area contributed by atoms with Crippen LogP contribution in [0.25, 0.3) is 11.3 Å². The molecular weight excluding hydrogens is 362 g/mol. The Morgan fingerprint density at radius 2 is 1.92 bits per heavy atom. The van der Waals surface area contributed by atoms with Crippen molar-refractivity contribution in [2.24, 2.45) is 10.2 Å². The Balaban J connectivity index is 1.96. The van der Waals surface area contributed by atoms with Gasteiger partial charge in [-0.15, -0.1) is 10.2 Å². The number of thiazole rings is 1. The third kappa shape index (κ3) is 3.81. The van der Waals surface area contributed by atoms with Crippen molar-refractivity contribution >= 4 is 44.4 Å². The molecule has 7 nitrogen and oxygen atoms in total. The van der Waals surface area contributed by atoms with Crippen LogP contribution in [0.2, 0.25) is 5.02 Å². The summed E-state index contributed by atoms with van der Waals surface area (Å²) in [5, 5.41) is 20.4. The van der Waals surface area contributed by atoms with Crippen LogP contribution < -0.4 is 5.73 Å². The molecule has 0 amide bonds. The SMILES string of the molecule is Cc1ccc(Cl)c(-c2nc(N)sc2N=Nc2ccc([N+](=O)[O-])cc2)c1. The number of anilines is 1. The van der Waals surface area contributed by atoms with Crippen molar-refractivity contribution in [3.05, 3.63) is 63.2 Å². The lowest BCUT2D eigenvalue weighted by molar-refractivity contribution is -0.384. The van der Waals surface area contributed by atoms with Crippen molar-refractivity contribution in [3.8, 4) is 11.3 Å². The normalized spacial score (nSPS) is 11.1. The molecule has 2 N–H and O–H groups in total. The van der Waals surface area contributed by atoms with Gasteiger partial charge in [0, 0.05) is 17.7 Å². The van der Waals surface area contributed by atoms with Gasteiger partial charge in [0.1, 0.15) is 5.69 Å². The van der Waals surface area contributed by atoms with E-state index >= 15 is 0 Å². The summed E-state index contributed by atoms with van der Waals surface area (Å²) in [6.45, 7) is 1.95. The molecule has 0 aliphatic rings. The first-order chi connectivity index (χ1) is 11.9. The van der Waals surface area contributed by atoms with E-state index in [1.165, 1.54) is 35.6 Å². The molecule has 0 unspecified atom stereocenters. The van der Waals surface area contributed by atoms with Crippen LogP contribution in [-0.2, 0) is 0 Å². The topological polar surface area (TPSA) is 107 Å². The summed E-state index contributed by atoms with van der Waals surface area (Å²) in [4.78, 5) is 14.5. The predicted molar refractivity (Wildman–Crippen MR) is 99.0 cm³/mol. The summed E-state index contributed by atoms with van der Waals surface area (Å²) in [5.74, 6) is 0. The number of halogens is 1. The summed E-state index contributed by atoms with van der Waals surface area (Å²) in [6, 6.07) is 11.4. The van der Waals surface area contributed by atoms with Crippen molar-refractivity contribution in [2.75, 3.05) is 5.73 Å². The van der Waals surface area contributed by atoms with Gasteiger partial charge in [-0.3, -0.25) is 10.1 Å². The molecule has 0 spiro atoms. The van der Waals surface area contributed by atoms with Crippen molar-refractivity contribution in [1.82, 2.24) is 4.98 Å². The second-order valence-electron chi connectivity index (χ2n) is 5.16. The van der Waals surface area contributed by atoms with E-state index in [9.17, 15) is 10.1 Å². The molecule has 0 fully saturated rings. The van der Waals surface area contributed by atoms with Gasteiger partial charge >= 0.3 is 0 Å². The number of non-ortho nitro benzene ring substituents is 1. The minimum atomic E-state index is -0.470. The van der Waals surface area contributed by atoms with Crippen LogP contribution in [0.15, 0.2) is 52.7 Å². The maximum absolute atomic E-state index is 10.7. The van der Waals surface area contributed by atoms with Gasteiger partial charge in [0.05, 0.1) is 15.6 Å². The van der Waals surface area contributed by atoms with Gasteiger partial charge in [-0.25, -0.2) is 4.98 Å². The number of nitrogens with zero attached hydrogens (tertiary/aromatic N) is 4. The zero-order chi connectivity index (χ0) is 18.0. The molecule has 0 aliphatic heterocycles. The number of nitrogens with two attached hydrogens (primary N) is 1. The fraction of sp³-hybridized carbons (Fsp3) is 0.0625. The number of azo groups is 1. The lowest BCUT2D eigenvalue weighted by Gasteiger charge is -2.03. The molecule has 3 rings (SSSR count). The first-order valence-corrected chi connectivity index (χ1v) is 8.32. The third-order valence-electron chi connectivity index (χ3n) is 3.32. The summed E-state index contributed by atoms with van der Waals surface area (Å²) in [7, 11) is 0. The molecule has 0 saturated carbocycles. The molecule has 0 bridgehead atoms. The number of rotatable bonds is 4. The predicted octanol–water partition coefficient (Wildman–Crippen LogP) is 5.68. The third-order valence-corrected chi connectivity index (χ3v) is 4.42. The molecule has 126 valence electrons. The lowest BCUT2D eigenvalue weighted by atomic mass is 10.1. The number of hydrogen-bond acceptors (Lipinski definition) is 7. The Morgan fingerprint density at radius 1 is 1.20 bits per heavy atom. The van der Waals surface area contributed by atoms with Gasteiger partial charge in [-0.1, -0.05) is 34.6 Å². The summed E-state index contributed by atoms with van der Waals surface area (Å²) in [5.41, 5.74) is 8.61. The average Bonchev–Trinajstić information content (AvgIpc) is 2.96. The molecule has 0 atom stereocenters. The molecule has 9 heteroatoms. The highest BCUT2D eigenvalue weighted by atomic mass is 35.5. The van der Waals surface area contributed by atoms with Gasteiger partial charge < -0.3 is 5.73 Å². The zero-order valence-electron chi connectivity index (χ0n) is 13.0. The molecule has 0 radical (unpaired) electrons. The van der Waals surface area contributed by atoms with Crippen LogP contribution in [0, 0.1) is 17.0 Å². The Labute approximate surface area is 152 Å². The Hall–Kier alpha value is -2.84. The van der Waals surface area contributed by atoms with E-state index in [0.717, 1.165) is 11.1 Å². The highest BCUT2D eigenvalue weighted by Gasteiger charge is 2.15. The second kappa shape index (κ2) is 6.96. The van der Waals surface area contributed by atoms with E-state index in [1.54, 1.807) is 6.07 Å². The summed E-state index contributed by atoms with van der Waals surface area (Å²) < 4.78 is 0. The van der Waals surface area contributed by atoms with Gasteiger partial charge in [-0.2, -0.15) is 0 Å². The molecular formula is C16H12ClN5O2S. The van der Waals surface area contributed by atoms with E-state index < -0.39 is 4.92 Å². The first-order valence-electron chi connectivity index (χ1n) is 7.13. The van der Waals surface area contributed by atoms with Crippen molar-refractivity contribution in [3.63, 3.8) is 0 Å². The minimum Gasteiger partial charge on any atom is -0.375 e. The number of nitro groups is 1. The smallest absolute Gasteiger partial charge is 0.269 e. The molecule has 0 saturated heterocycles. The first kappa shape index (κ1) is 17.0. The fourth-order valence-corrected chi connectivity index (χ4v) is 3.01. The van der Waals surface area contributed by atoms with E-state index in [4.69, 9.17) is 17.3 Å². The van der Waals surface area contributed by atoms with Crippen LogP contribution in [0.4, 0.5) is 21.5 Å². The highest BCUT2D eigenvalue weighted by Crippen LogP contribution is 2.40. The largest absolute Gasteiger partial charge is 0.375 e. The van der Waals surface area contributed by atoms with E-state index in [0.29, 0.717) is 26.5 Å². The number of hydrogen-bond donors (Lipinski definition) is 1. The zero-order valence-corrected chi connectivity index (χ0v) is 14.6. The van der Waals surface area contributed by atoms with Gasteiger partial charge in [0.15, 0.2) is 10.1 Å². The summed E-state index contributed by atoms with van der Waals surface area (Å²) in [6.07, 6.45) is 0. The molecule has 25 heavy (non-hydrogen) atoms. The van der Waals surface area contributed by atoms with Crippen LogP contribution in [-0.4, -0.2) is 9.91 Å². The van der Waals surface area contributed by atoms with Crippen LogP contribution in [0.1, 0.15) is 5.56 Å². The van der Waals surface area contributed by atoms with Gasteiger partial charge in [-0.05, 0) is 31.2 Å². The van der Waals surface area contributed by atoms with Gasteiger partial charge in [0.25, 0.3) is 5.69 Å². The number of aryl methyl sites for hydroxylation is 1. The quantitative estimate of drug-likeness (QED) is 0.360. The van der Waals surface area contributed by atoms with E-state index in [1.807, 2.05) is 19.1 Å². The maximum Gasteiger partial charge on any atom is 0.269 e. The fourth-order valence-electron chi connectivity index (χ4n) is 2.14. The molecule has 2 aromatic carbocycles. The Kier molecular flexibility index (Phi) is 4.73. The number of nitrogen functional groups attached to an aromatic ring is 1. The summed E-state index contributed by atoms with van der Waals surface area (Å²) >= 11 is 7.45. The number of nitro benzene ring substituents is 1. The van der Waals surface area contributed by atoms with Crippen molar-refractivity contribution < 1.29 is 4.92 Å². The van der Waals surface area contributed by atoms with Crippen LogP contribution in [0.3, 0.4) is 0 Å². The minimum absolute atomic E-state index is 0.00628. The molecule has 0 aliphatic carbocycles. The van der Waals surface area contributed by atoms with Crippen LogP contribution in [0.5, 0.6) is 0 Å². The highest BCUT2D eigenvalue weighted by molar-refractivity contribution is 7.19. The van der Waals surface area contributed by atoms with E-state index in [2.05, 4.69) is 15.2 Å². The lowest BCUT2D eigenvalue weighted by Crippen LogP contribution is -1.85. The number of aromatic nitrogens is 1. The van der Waals surface area contributed by atoms with Crippen molar-refractivity contribution in [2.45, 2.75) is 6.92 Å². The average molecular weight is 374 g/mol. The monoisotopic (exact) mass is 373 g/mol. The number of benzene rings is 2. The molecule has 3 aromatic rings.